The lowest BCUT2D eigenvalue weighted by molar-refractivity contribution is 0.117. The van der Waals surface area contributed by atoms with Gasteiger partial charge in [0.25, 0.3) is 0 Å². The minimum Gasteiger partial charge on any atom is -0.377 e. The first kappa shape index (κ1) is 22.7. The molecule has 0 radical (unpaired) electrons. The van der Waals surface area contributed by atoms with Crippen LogP contribution in [0.4, 0.5) is 8.78 Å². The summed E-state index contributed by atoms with van der Waals surface area (Å²) in [5.41, 5.74) is 2.45. The zero-order valence-corrected chi connectivity index (χ0v) is 18.3. The number of allylic oxidation sites excluding steroid dienone is 2. The highest BCUT2D eigenvalue weighted by atomic mass is 19.1. The van der Waals surface area contributed by atoms with E-state index in [9.17, 15) is 8.78 Å². The Balaban J connectivity index is 1.65. The third-order valence-corrected chi connectivity index (χ3v) is 6.18. The van der Waals surface area contributed by atoms with E-state index in [-0.39, 0.29) is 11.5 Å². The van der Waals surface area contributed by atoms with Crippen molar-refractivity contribution in [2.24, 2.45) is 5.92 Å². The smallest absolute Gasteiger partial charge is 0.134 e. The third kappa shape index (κ3) is 6.01. The summed E-state index contributed by atoms with van der Waals surface area (Å²) in [7, 11) is 0. The number of rotatable bonds is 9. The van der Waals surface area contributed by atoms with E-state index in [1.165, 1.54) is 12.8 Å². The number of hydrogen-bond acceptors (Lipinski definition) is 1. The van der Waals surface area contributed by atoms with Gasteiger partial charge in [-0.3, -0.25) is 0 Å². The Morgan fingerprint density at radius 1 is 0.967 bits per heavy atom. The minimum absolute atomic E-state index is 0.0665. The van der Waals surface area contributed by atoms with Crippen LogP contribution in [0.5, 0.6) is 0 Å². The van der Waals surface area contributed by atoms with Crippen molar-refractivity contribution in [1.82, 2.24) is 0 Å². The van der Waals surface area contributed by atoms with Crippen molar-refractivity contribution < 1.29 is 13.5 Å². The van der Waals surface area contributed by atoms with Crippen LogP contribution in [-0.4, -0.2) is 6.61 Å². The van der Waals surface area contributed by atoms with Crippen LogP contribution >= 0.6 is 0 Å². The number of benzene rings is 2. The molecule has 0 bridgehead atoms. The first-order valence-electron chi connectivity index (χ1n) is 11.4. The molecular formula is C27H34F2O. The molecule has 0 aliphatic heterocycles. The van der Waals surface area contributed by atoms with Crippen molar-refractivity contribution in [3.05, 3.63) is 71.3 Å². The van der Waals surface area contributed by atoms with E-state index in [1.54, 1.807) is 24.3 Å². The summed E-state index contributed by atoms with van der Waals surface area (Å²) >= 11 is 0. The summed E-state index contributed by atoms with van der Waals surface area (Å²) in [6.07, 6.45) is 11.9. The number of halogens is 2. The molecule has 30 heavy (non-hydrogen) atoms. The SMILES string of the molecule is C/C=C\C1CCC(c2cc(F)c(-c3ccc(COCCCCC)cc3)c(F)c2)CC1. The molecule has 0 spiro atoms. The highest BCUT2D eigenvalue weighted by molar-refractivity contribution is 5.65. The van der Waals surface area contributed by atoms with Gasteiger partial charge in [-0.05, 0) is 79.7 Å². The molecule has 1 fully saturated rings. The topological polar surface area (TPSA) is 9.23 Å². The molecular weight excluding hydrogens is 378 g/mol. The lowest BCUT2D eigenvalue weighted by Crippen LogP contribution is -2.12. The predicted octanol–water partition coefficient (Wildman–Crippen LogP) is 8.19. The number of ether oxygens (including phenoxy) is 1. The quantitative estimate of drug-likeness (QED) is 0.298. The molecule has 1 aliphatic carbocycles. The van der Waals surface area contributed by atoms with E-state index in [0.717, 1.165) is 49.8 Å². The molecule has 1 nitrogen and oxygen atoms in total. The van der Waals surface area contributed by atoms with Crippen LogP contribution < -0.4 is 0 Å². The average Bonchev–Trinajstić information content (AvgIpc) is 2.75. The second-order valence-electron chi connectivity index (χ2n) is 8.45. The van der Waals surface area contributed by atoms with Crippen molar-refractivity contribution in [1.29, 1.82) is 0 Å². The van der Waals surface area contributed by atoms with E-state index >= 15 is 0 Å². The molecule has 1 saturated carbocycles. The Morgan fingerprint density at radius 3 is 2.23 bits per heavy atom. The van der Waals surface area contributed by atoms with Crippen molar-refractivity contribution in [3.63, 3.8) is 0 Å². The standard InChI is InChI=1S/C27H34F2O/c1-3-5-6-16-30-19-21-10-14-23(15-11-21)27-25(28)17-24(18-26(27)29)22-12-8-20(7-4-2)9-13-22/h4,7,10-11,14-15,17-18,20,22H,3,5-6,8-9,12-13,16,19H2,1-2H3/b7-4-. The largest absolute Gasteiger partial charge is 0.377 e. The van der Waals surface area contributed by atoms with E-state index in [4.69, 9.17) is 4.74 Å². The van der Waals surface area contributed by atoms with Crippen LogP contribution in [0.1, 0.15) is 75.8 Å². The maximum absolute atomic E-state index is 14.9. The van der Waals surface area contributed by atoms with E-state index in [1.807, 2.05) is 19.1 Å². The summed E-state index contributed by atoms with van der Waals surface area (Å²) in [5, 5.41) is 0. The van der Waals surface area contributed by atoms with Crippen molar-refractivity contribution in [2.45, 2.75) is 71.3 Å². The number of unbranched alkanes of at least 4 members (excludes halogenated alkanes) is 2. The molecule has 2 aromatic carbocycles. The first-order valence-corrected chi connectivity index (χ1v) is 11.4. The summed E-state index contributed by atoms with van der Waals surface area (Å²) in [4.78, 5) is 0. The van der Waals surface area contributed by atoms with Gasteiger partial charge in [0.1, 0.15) is 11.6 Å². The molecule has 1 aliphatic rings. The molecule has 162 valence electrons. The van der Waals surface area contributed by atoms with Gasteiger partial charge in [-0.1, -0.05) is 56.2 Å². The third-order valence-electron chi connectivity index (χ3n) is 6.18. The fraction of sp³-hybridized carbons (Fsp3) is 0.481. The van der Waals surface area contributed by atoms with Gasteiger partial charge in [0.05, 0.1) is 12.2 Å². The van der Waals surface area contributed by atoms with E-state index in [0.29, 0.717) is 18.1 Å². The lowest BCUT2D eigenvalue weighted by Gasteiger charge is -2.27. The Kier molecular flexibility index (Phi) is 8.62. The van der Waals surface area contributed by atoms with Gasteiger partial charge < -0.3 is 4.74 Å². The van der Waals surface area contributed by atoms with Gasteiger partial charge in [-0.2, -0.15) is 0 Å². The molecule has 2 aromatic rings. The number of hydrogen-bond donors (Lipinski definition) is 0. The maximum atomic E-state index is 14.9. The Morgan fingerprint density at radius 2 is 1.63 bits per heavy atom. The van der Waals surface area contributed by atoms with Gasteiger partial charge in [0.2, 0.25) is 0 Å². The normalized spacial score (nSPS) is 19.5. The maximum Gasteiger partial charge on any atom is 0.134 e. The van der Waals surface area contributed by atoms with Crippen LogP contribution in [0, 0.1) is 17.6 Å². The van der Waals surface area contributed by atoms with Gasteiger partial charge in [0, 0.05) is 6.61 Å². The molecule has 0 atom stereocenters. The minimum atomic E-state index is -0.468. The van der Waals surface area contributed by atoms with Gasteiger partial charge >= 0.3 is 0 Å². The Hall–Kier alpha value is -2.00. The molecule has 0 unspecified atom stereocenters. The first-order chi connectivity index (χ1) is 14.6. The molecule has 3 heteroatoms. The molecule has 0 N–H and O–H groups in total. The zero-order valence-electron chi connectivity index (χ0n) is 18.3. The monoisotopic (exact) mass is 412 g/mol. The van der Waals surface area contributed by atoms with Crippen molar-refractivity contribution >= 4 is 0 Å². The fourth-order valence-electron chi connectivity index (χ4n) is 4.43. The molecule has 0 saturated heterocycles. The van der Waals surface area contributed by atoms with Crippen LogP contribution in [0.25, 0.3) is 11.1 Å². The highest BCUT2D eigenvalue weighted by Crippen LogP contribution is 2.38. The van der Waals surface area contributed by atoms with Crippen LogP contribution in [-0.2, 0) is 11.3 Å². The lowest BCUT2D eigenvalue weighted by atomic mass is 9.78. The zero-order chi connectivity index (χ0) is 21.3. The van der Waals surface area contributed by atoms with Crippen molar-refractivity contribution in [3.8, 4) is 11.1 Å². The summed E-state index contributed by atoms with van der Waals surface area (Å²) < 4.78 is 35.5. The summed E-state index contributed by atoms with van der Waals surface area (Å²) in [6, 6.07) is 10.4. The van der Waals surface area contributed by atoms with Crippen LogP contribution in [0.3, 0.4) is 0 Å². The molecule has 0 amide bonds. The molecule has 0 heterocycles. The van der Waals surface area contributed by atoms with E-state index < -0.39 is 11.6 Å². The fourth-order valence-corrected chi connectivity index (χ4v) is 4.43. The van der Waals surface area contributed by atoms with E-state index in [2.05, 4.69) is 19.1 Å². The summed E-state index contributed by atoms with van der Waals surface area (Å²) in [6.45, 7) is 5.49. The second kappa shape index (κ2) is 11.4. The Labute approximate surface area is 180 Å². The predicted molar refractivity (Wildman–Crippen MR) is 120 cm³/mol. The molecule has 3 rings (SSSR count). The Bertz CT molecular complexity index is 794. The second-order valence-corrected chi connectivity index (χ2v) is 8.45. The van der Waals surface area contributed by atoms with Gasteiger partial charge in [-0.25, -0.2) is 8.78 Å². The van der Waals surface area contributed by atoms with Crippen molar-refractivity contribution in [2.75, 3.05) is 6.61 Å². The average molecular weight is 413 g/mol. The van der Waals surface area contributed by atoms with Gasteiger partial charge in [0.15, 0.2) is 0 Å². The highest BCUT2D eigenvalue weighted by Gasteiger charge is 2.23. The van der Waals surface area contributed by atoms with Gasteiger partial charge in [-0.15, -0.1) is 0 Å². The van der Waals surface area contributed by atoms with Crippen LogP contribution in [0.2, 0.25) is 0 Å². The summed E-state index contributed by atoms with van der Waals surface area (Å²) in [5.74, 6) is -0.0839. The van der Waals surface area contributed by atoms with Crippen LogP contribution in [0.15, 0.2) is 48.6 Å². The molecule has 0 aromatic heterocycles.